The Bertz CT molecular complexity index is 2580. The van der Waals surface area contributed by atoms with Crippen LogP contribution in [0.5, 0.6) is 0 Å². The predicted molar refractivity (Wildman–Crippen MR) is 210 cm³/mol. The predicted octanol–water partition coefficient (Wildman–Crippen LogP) is 13.7. The molecule has 8 aromatic carbocycles. The summed E-state index contributed by atoms with van der Waals surface area (Å²) in [5.74, 6) is 0. The van der Waals surface area contributed by atoms with Gasteiger partial charge in [0.15, 0.2) is 0 Å². The molecule has 0 fully saturated rings. The van der Waals surface area contributed by atoms with E-state index in [1.165, 1.54) is 38.9 Å². The zero-order valence-corrected chi connectivity index (χ0v) is 27.4. The van der Waals surface area contributed by atoms with Crippen molar-refractivity contribution >= 4 is 39.0 Å². The Morgan fingerprint density at radius 1 is 0.280 bits per heavy atom. The summed E-state index contributed by atoms with van der Waals surface area (Å²) in [6, 6.07) is 71.1. The fourth-order valence-electron chi connectivity index (χ4n) is 7.11. The molecule has 0 aliphatic heterocycles. The first-order valence-electron chi connectivity index (χ1n) is 17.0. The maximum absolute atomic E-state index is 6.38. The Morgan fingerprint density at radius 2 is 0.740 bits per heavy atom. The fourth-order valence-corrected chi connectivity index (χ4v) is 7.11. The van der Waals surface area contributed by atoms with E-state index in [2.05, 4.69) is 193 Å². The zero-order chi connectivity index (χ0) is 33.3. The van der Waals surface area contributed by atoms with Crippen LogP contribution in [0, 0.1) is 0 Å². The van der Waals surface area contributed by atoms with Crippen LogP contribution in [-0.4, -0.2) is 0 Å². The monoisotopic (exact) mass is 639 g/mol. The number of furan rings is 1. The summed E-state index contributed by atoms with van der Waals surface area (Å²) in [5.41, 5.74) is 14.5. The van der Waals surface area contributed by atoms with E-state index in [0.29, 0.717) is 0 Å². The van der Waals surface area contributed by atoms with Gasteiger partial charge < -0.3 is 9.32 Å². The number of hydrogen-bond donors (Lipinski definition) is 0. The Morgan fingerprint density at radius 3 is 1.38 bits per heavy atom. The first kappa shape index (κ1) is 29.5. The van der Waals surface area contributed by atoms with Crippen molar-refractivity contribution in [2.75, 3.05) is 4.90 Å². The van der Waals surface area contributed by atoms with Gasteiger partial charge in [0.2, 0.25) is 0 Å². The summed E-state index contributed by atoms with van der Waals surface area (Å²) in [6.07, 6.45) is 0. The van der Waals surface area contributed by atoms with E-state index in [1.807, 2.05) is 12.1 Å². The third-order valence-corrected chi connectivity index (χ3v) is 9.50. The van der Waals surface area contributed by atoms with E-state index in [9.17, 15) is 0 Å². The molecule has 9 aromatic rings. The fraction of sp³-hybridized carbons (Fsp3) is 0. The lowest BCUT2D eigenvalue weighted by Gasteiger charge is -2.26. The third-order valence-electron chi connectivity index (χ3n) is 9.50. The molecule has 0 amide bonds. The SMILES string of the molecule is c1ccc(-c2ccccc2-c2ccc(N(c3cccc(-c4ccccc4-c4ccccc4)c3)c3ccc4c(c3)oc3ccccc34)cc2)cc1. The first-order valence-corrected chi connectivity index (χ1v) is 17.0. The molecule has 0 atom stereocenters. The van der Waals surface area contributed by atoms with Crippen LogP contribution < -0.4 is 4.90 Å². The average molecular weight is 640 g/mol. The topological polar surface area (TPSA) is 16.4 Å². The van der Waals surface area contributed by atoms with Crippen molar-refractivity contribution in [3.63, 3.8) is 0 Å². The van der Waals surface area contributed by atoms with Gasteiger partial charge in [0.05, 0.1) is 0 Å². The molecule has 0 N–H and O–H groups in total. The number of anilines is 3. The van der Waals surface area contributed by atoms with E-state index in [4.69, 9.17) is 4.42 Å². The van der Waals surface area contributed by atoms with Crippen LogP contribution in [0.25, 0.3) is 66.4 Å². The van der Waals surface area contributed by atoms with Crippen molar-refractivity contribution in [1.29, 1.82) is 0 Å². The Balaban J connectivity index is 1.18. The molecule has 1 aromatic heterocycles. The van der Waals surface area contributed by atoms with Crippen LogP contribution in [-0.2, 0) is 0 Å². The second-order valence-corrected chi connectivity index (χ2v) is 12.5. The van der Waals surface area contributed by atoms with Crippen LogP contribution in [0.3, 0.4) is 0 Å². The second-order valence-electron chi connectivity index (χ2n) is 12.5. The zero-order valence-electron chi connectivity index (χ0n) is 27.4. The molecular weight excluding hydrogens is 607 g/mol. The summed E-state index contributed by atoms with van der Waals surface area (Å²) in [4.78, 5) is 2.33. The van der Waals surface area contributed by atoms with Gasteiger partial charge in [-0.15, -0.1) is 0 Å². The number of nitrogens with zero attached hydrogens (tertiary/aromatic N) is 1. The molecule has 0 spiro atoms. The van der Waals surface area contributed by atoms with Gasteiger partial charge in [-0.25, -0.2) is 0 Å². The molecule has 0 saturated heterocycles. The van der Waals surface area contributed by atoms with Crippen molar-refractivity contribution in [1.82, 2.24) is 0 Å². The lowest BCUT2D eigenvalue weighted by atomic mass is 9.94. The molecule has 50 heavy (non-hydrogen) atoms. The molecule has 0 aliphatic rings. The van der Waals surface area contributed by atoms with Gasteiger partial charge >= 0.3 is 0 Å². The molecule has 0 bridgehead atoms. The van der Waals surface area contributed by atoms with Crippen molar-refractivity contribution < 1.29 is 4.42 Å². The molecule has 2 heteroatoms. The van der Waals surface area contributed by atoms with Crippen molar-refractivity contribution in [2.45, 2.75) is 0 Å². The van der Waals surface area contributed by atoms with Crippen molar-refractivity contribution in [3.8, 4) is 44.5 Å². The van der Waals surface area contributed by atoms with Gasteiger partial charge in [0.1, 0.15) is 11.2 Å². The highest BCUT2D eigenvalue weighted by molar-refractivity contribution is 6.06. The molecule has 0 saturated carbocycles. The number of fused-ring (bicyclic) bond motifs is 3. The van der Waals surface area contributed by atoms with E-state index >= 15 is 0 Å². The highest BCUT2D eigenvalue weighted by atomic mass is 16.3. The van der Waals surface area contributed by atoms with E-state index in [1.54, 1.807) is 0 Å². The lowest BCUT2D eigenvalue weighted by molar-refractivity contribution is 0.669. The minimum Gasteiger partial charge on any atom is -0.456 e. The average Bonchev–Trinajstić information content (AvgIpc) is 3.57. The molecule has 0 unspecified atom stereocenters. The Hall–Kier alpha value is -6.64. The summed E-state index contributed by atoms with van der Waals surface area (Å²) >= 11 is 0. The van der Waals surface area contributed by atoms with Crippen LogP contribution in [0.1, 0.15) is 0 Å². The van der Waals surface area contributed by atoms with Crippen LogP contribution in [0.15, 0.2) is 205 Å². The van der Waals surface area contributed by atoms with Gasteiger partial charge in [-0.2, -0.15) is 0 Å². The van der Waals surface area contributed by atoms with Crippen molar-refractivity contribution in [3.05, 3.63) is 200 Å². The summed E-state index contributed by atoms with van der Waals surface area (Å²) in [7, 11) is 0. The van der Waals surface area contributed by atoms with Gasteiger partial charge in [-0.1, -0.05) is 152 Å². The van der Waals surface area contributed by atoms with Crippen LogP contribution >= 0.6 is 0 Å². The van der Waals surface area contributed by atoms with Crippen LogP contribution in [0.2, 0.25) is 0 Å². The molecule has 236 valence electrons. The normalized spacial score (nSPS) is 11.2. The van der Waals surface area contributed by atoms with Crippen molar-refractivity contribution in [2.24, 2.45) is 0 Å². The van der Waals surface area contributed by atoms with Gasteiger partial charge in [0, 0.05) is 33.9 Å². The van der Waals surface area contributed by atoms with Gasteiger partial charge in [0.25, 0.3) is 0 Å². The molecule has 0 radical (unpaired) electrons. The minimum absolute atomic E-state index is 0.868. The lowest BCUT2D eigenvalue weighted by Crippen LogP contribution is -2.10. The molecule has 0 aliphatic carbocycles. The first-order chi connectivity index (χ1) is 24.8. The van der Waals surface area contributed by atoms with Crippen LogP contribution in [0.4, 0.5) is 17.1 Å². The summed E-state index contributed by atoms with van der Waals surface area (Å²) < 4.78 is 6.38. The Kier molecular flexibility index (Phi) is 7.53. The largest absolute Gasteiger partial charge is 0.456 e. The smallest absolute Gasteiger partial charge is 0.137 e. The molecule has 9 rings (SSSR count). The van der Waals surface area contributed by atoms with E-state index in [0.717, 1.165) is 44.6 Å². The second kappa shape index (κ2) is 12.8. The quantitative estimate of drug-likeness (QED) is 0.173. The Labute approximate surface area is 292 Å². The standard InChI is InChI=1S/C48H33NO/c1-3-14-34(15-4-1)41-20-7-8-22-43(41)36-26-28-38(29-27-36)49(40-30-31-46-45-24-11-12-25-47(45)50-48(46)33-40)39-19-13-18-37(32-39)44-23-10-9-21-42(44)35-16-5-2-6-17-35/h1-33H. The molecule has 1 heterocycles. The third kappa shape index (κ3) is 5.43. The summed E-state index contributed by atoms with van der Waals surface area (Å²) in [6.45, 7) is 0. The van der Waals surface area contributed by atoms with Gasteiger partial charge in [-0.05, 0) is 87.0 Å². The highest BCUT2D eigenvalue weighted by Crippen LogP contribution is 2.42. The van der Waals surface area contributed by atoms with E-state index in [-0.39, 0.29) is 0 Å². The number of para-hydroxylation sites is 1. The maximum Gasteiger partial charge on any atom is 0.137 e. The van der Waals surface area contributed by atoms with E-state index < -0.39 is 0 Å². The molecular formula is C48H33NO. The minimum atomic E-state index is 0.868. The number of rotatable bonds is 7. The summed E-state index contributed by atoms with van der Waals surface area (Å²) in [5, 5.41) is 2.24. The molecule has 2 nitrogen and oxygen atoms in total. The number of hydrogen-bond acceptors (Lipinski definition) is 2. The highest BCUT2D eigenvalue weighted by Gasteiger charge is 2.18. The maximum atomic E-state index is 6.38. The number of benzene rings is 8. The van der Waals surface area contributed by atoms with Gasteiger partial charge in [-0.3, -0.25) is 0 Å².